The van der Waals surface area contributed by atoms with Gasteiger partial charge in [0, 0.05) is 82.9 Å². The molecular formula is C89H90N6O13S4-2. The Balaban J connectivity index is 0.000000160. The highest BCUT2D eigenvalue weighted by Crippen LogP contribution is 2.41. The highest BCUT2D eigenvalue weighted by Gasteiger charge is 2.27. The molecule has 1 fully saturated rings. The van der Waals surface area contributed by atoms with E-state index in [0.29, 0.717) is 128 Å². The fraction of sp³-hybridized carbons (Fsp3) is 0.247. The zero-order valence-corrected chi connectivity index (χ0v) is 67.6. The number of anilines is 1. The van der Waals surface area contributed by atoms with Crippen molar-refractivity contribution in [3.05, 3.63) is 327 Å². The summed E-state index contributed by atoms with van der Waals surface area (Å²) >= 11 is 0. The number of hydrogen-bond donors (Lipinski definition) is 2. The summed E-state index contributed by atoms with van der Waals surface area (Å²) in [7, 11) is -15.9. The number of nitrogens with zero attached hydrogens (tertiary/aromatic N) is 4. The summed E-state index contributed by atoms with van der Waals surface area (Å²) in [5.74, 6) is 4.25. The smallest absolute Gasteiger partial charge is 0.229 e. The molecule has 0 atom stereocenters. The number of morpholine rings is 1. The minimum Gasteiger partial charge on any atom is -0.744 e. The third-order valence-corrected chi connectivity index (χ3v) is 23.4. The molecule has 0 aliphatic carbocycles. The number of aromatic nitrogens is 3. The van der Waals surface area contributed by atoms with Gasteiger partial charge in [-0.25, -0.2) is 48.1 Å². The van der Waals surface area contributed by atoms with Crippen LogP contribution < -0.4 is 44.7 Å². The van der Waals surface area contributed by atoms with Gasteiger partial charge in [0.1, 0.15) is 54.9 Å². The molecule has 0 saturated carbocycles. The van der Waals surface area contributed by atoms with Gasteiger partial charge >= 0.3 is 0 Å². The van der Waals surface area contributed by atoms with Crippen molar-refractivity contribution >= 4 is 69.5 Å². The summed E-state index contributed by atoms with van der Waals surface area (Å²) in [6.45, 7) is 20.0. The van der Waals surface area contributed by atoms with Crippen LogP contribution in [0.5, 0.6) is 23.0 Å². The lowest BCUT2D eigenvalue weighted by molar-refractivity contribution is 0.122. The quantitative estimate of drug-likeness (QED) is 0.0499. The molecule has 1 saturated heterocycles. The molecule has 0 spiro atoms. The van der Waals surface area contributed by atoms with Crippen molar-refractivity contribution in [2.24, 2.45) is 0 Å². The fourth-order valence-electron chi connectivity index (χ4n) is 14.4. The van der Waals surface area contributed by atoms with Gasteiger partial charge in [-0.2, -0.15) is 9.97 Å². The zero-order valence-electron chi connectivity index (χ0n) is 64.3. The molecule has 0 radical (unpaired) electrons. The van der Waals surface area contributed by atoms with Crippen LogP contribution in [0.25, 0.3) is 23.3 Å². The predicted molar refractivity (Wildman–Crippen MR) is 438 cm³/mol. The summed E-state index contributed by atoms with van der Waals surface area (Å²) in [6.07, 6.45) is 10.1. The molecule has 23 heteroatoms. The maximum Gasteiger partial charge on any atom is 0.229 e. The van der Waals surface area contributed by atoms with Gasteiger partial charge in [0.05, 0.1) is 35.5 Å². The number of ether oxygens (including phenoxy) is 3. The molecule has 11 aromatic rings. The van der Waals surface area contributed by atoms with Crippen molar-refractivity contribution in [1.29, 1.82) is 0 Å². The van der Waals surface area contributed by atoms with Crippen LogP contribution in [0, 0.1) is 55.4 Å². The second-order valence-electron chi connectivity index (χ2n) is 28.6. The maximum atomic E-state index is 12.4. The highest BCUT2D eigenvalue weighted by atomic mass is 32.2. The number of benzene rings is 10. The third kappa shape index (κ3) is 20.1. The van der Waals surface area contributed by atoms with E-state index in [4.69, 9.17) is 14.2 Å². The van der Waals surface area contributed by atoms with Gasteiger partial charge < -0.3 is 28.2 Å². The molecule has 1 aromatic heterocycles. The molecule has 19 nitrogen and oxygen atoms in total. The van der Waals surface area contributed by atoms with E-state index in [1.54, 1.807) is 36.4 Å². The molecule has 0 unspecified atom stereocenters. The molecule has 3 aliphatic rings. The van der Waals surface area contributed by atoms with Gasteiger partial charge in [0.2, 0.25) is 26.0 Å². The monoisotopic (exact) mass is 1580 g/mol. The van der Waals surface area contributed by atoms with E-state index in [2.05, 4.69) is 165 Å². The van der Waals surface area contributed by atoms with Crippen LogP contribution >= 0.6 is 0 Å². The van der Waals surface area contributed by atoms with E-state index >= 15 is 0 Å². The first-order valence-corrected chi connectivity index (χ1v) is 43.6. The summed E-state index contributed by atoms with van der Waals surface area (Å²) in [5.41, 5.74) is 20.2. The van der Waals surface area contributed by atoms with Crippen LogP contribution in [-0.4, -0.2) is 110 Å². The van der Waals surface area contributed by atoms with Crippen LogP contribution in [0.4, 0.5) is 5.95 Å². The largest absolute Gasteiger partial charge is 0.744 e. The van der Waals surface area contributed by atoms with Crippen molar-refractivity contribution in [2.75, 3.05) is 56.8 Å². The molecule has 0 amide bonds. The Bertz CT molecular complexity index is 5760. The Kier molecular flexibility index (Phi) is 25.2. The van der Waals surface area contributed by atoms with Crippen molar-refractivity contribution in [3.8, 4) is 23.0 Å². The number of hydrogen-bond acceptors (Lipinski definition) is 17. The topological polar surface area (TPSA) is 276 Å². The zero-order chi connectivity index (χ0) is 79.8. The molecule has 2 N–H and O–H groups in total. The van der Waals surface area contributed by atoms with Gasteiger partial charge in [0.15, 0.2) is 0 Å². The minimum atomic E-state index is -4.72. The normalized spacial score (nSPS) is 13.7. The van der Waals surface area contributed by atoms with Crippen LogP contribution in [0.3, 0.4) is 0 Å². The SMILES string of the molecule is CS(=O)(=O)NCCCc1nc(CCCNS(C)(=O)=O)nc(N2CCOCC2)n1.Cc1cccc(C)c1/C=c1\ccc2c(c1)Oc1cc(Cc3c(C)cccc3C)ccc1C=2c1ccccc1S(=O)(=O)[O-].Cc1cccc(C)c1/C=c1\ccc2c(c1)Oc1cc(Cc3c(C)cccc3C)ccc1C=2c1ccccc1S(=O)(=O)[O-]. The van der Waals surface area contributed by atoms with Gasteiger partial charge in [-0.1, -0.05) is 146 Å². The molecule has 112 heavy (non-hydrogen) atoms. The molecular weight excluding hydrogens is 1490 g/mol. The first kappa shape index (κ1) is 81.2. The third-order valence-electron chi connectivity index (χ3n) is 20.1. The van der Waals surface area contributed by atoms with Crippen LogP contribution in [0.15, 0.2) is 204 Å². The molecule has 4 heterocycles. The van der Waals surface area contributed by atoms with E-state index in [0.717, 1.165) is 79.6 Å². The van der Waals surface area contributed by atoms with Crippen LogP contribution in [0.2, 0.25) is 0 Å². The molecule has 580 valence electrons. The number of rotatable bonds is 21. The van der Waals surface area contributed by atoms with Gasteiger partial charge in [-0.15, -0.1) is 0 Å². The average molecular weight is 1580 g/mol. The predicted octanol–water partition coefficient (Wildman–Crippen LogP) is 11.9. The Morgan fingerprint density at radius 3 is 1.14 bits per heavy atom. The van der Waals surface area contributed by atoms with Crippen LogP contribution in [0.1, 0.15) is 125 Å². The van der Waals surface area contributed by atoms with Crippen molar-refractivity contribution < 1.29 is 57.0 Å². The van der Waals surface area contributed by atoms with Crippen LogP contribution in [-0.2, 0) is 70.7 Å². The lowest BCUT2D eigenvalue weighted by Gasteiger charge is -2.27. The van der Waals surface area contributed by atoms with Crippen molar-refractivity contribution in [3.63, 3.8) is 0 Å². The fourth-order valence-corrected chi connectivity index (χ4v) is 16.8. The van der Waals surface area contributed by atoms with Crippen molar-refractivity contribution in [1.82, 2.24) is 24.4 Å². The summed E-state index contributed by atoms with van der Waals surface area (Å²) < 4.78 is 142. The number of sulfonamides is 2. The van der Waals surface area contributed by atoms with E-state index < -0.39 is 40.3 Å². The Morgan fingerprint density at radius 1 is 0.411 bits per heavy atom. The second-order valence-corrected chi connectivity index (χ2v) is 35.0. The van der Waals surface area contributed by atoms with Gasteiger partial charge in [-0.05, 0) is 230 Å². The summed E-state index contributed by atoms with van der Waals surface area (Å²) in [4.78, 5) is 15.0. The first-order chi connectivity index (χ1) is 53.3. The molecule has 0 bridgehead atoms. The number of nitrogens with one attached hydrogen (secondary N) is 2. The standard InChI is InChI=1S/2C37H32O4S.C15H28N6O5S2/c2*1-23-9-7-10-24(2)32(23)19-27-15-17-29-34(21-27)41-35-22-28(20-33-25(3)11-8-12-26(33)4)16-18-30(35)37(29)31-13-5-6-14-36(31)42(38,39)40;1-27(22,23)16-7-3-5-13-18-14(6-4-8-17-28(2,24)25)20-15(19-13)21-9-11-26-12-10-21/h2*5-19,21-22H,20H2,1-4H3,(H,38,39,40);16-17H,3-12H2,1-2H3/p-2/b2*27-19+;. The number of aryl methyl sites for hydroxylation is 10. The lowest BCUT2D eigenvalue weighted by Crippen LogP contribution is -2.37. The highest BCUT2D eigenvalue weighted by molar-refractivity contribution is 7.89. The van der Waals surface area contributed by atoms with E-state index in [9.17, 15) is 42.8 Å². The van der Waals surface area contributed by atoms with E-state index in [1.807, 2.05) is 77.7 Å². The molecule has 14 rings (SSSR count). The second kappa shape index (κ2) is 34.8. The van der Waals surface area contributed by atoms with E-state index in [1.165, 1.54) is 67.8 Å². The lowest BCUT2D eigenvalue weighted by atomic mass is 9.90. The summed E-state index contributed by atoms with van der Waals surface area (Å²) in [6, 6.07) is 61.8. The summed E-state index contributed by atoms with van der Waals surface area (Å²) in [5, 5.41) is 3.40. The first-order valence-electron chi connectivity index (χ1n) is 37.0. The van der Waals surface area contributed by atoms with Crippen molar-refractivity contribution in [2.45, 2.75) is 104 Å². The van der Waals surface area contributed by atoms with Gasteiger partial charge in [-0.3, -0.25) is 0 Å². The van der Waals surface area contributed by atoms with E-state index in [-0.39, 0.29) is 9.79 Å². The Morgan fingerprint density at radius 2 is 0.777 bits per heavy atom. The number of fused-ring (bicyclic) bond motifs is 4. The molecule has 10 aromatic carbocycles. The maximum absolute atomic E-state index is 12.4. The molecule has 3 aliphatic heterocycles. The Hall–Kier alpha value is -10.3. The Labute approximate surface area is 656 Å². The minimum absolute atomic E-state index is 0.246. The van der Waals surface area contributed by atoms with Gasteiger partial charge in [0.25, 0.3) is 0 Å². The average Bonchev–Trinajstić information content (AvgIpc) is 0.747.